The third-order valence-corrected chi connectivity index (χ3v) is 5.75. The molecule has 0 fully saturated rings. The number of ether oxygens (including phenoxy) is 2. The zero-order valence-corrected chi connectivity index (χ0v) is 19.1. The van der Waals surface area contributed by atoms with E-state index in [0.717, 1.165) is 42.5 Å². The van der Waals surface area contributed by atoms with Crippen molar-refractivity contribution in [3.63, 3.8) is 0 Å². The Labute approximate surface area is 185 Å². The molecule has 5 heteroatoms. The summed E-state index contributed by atoms with van der Waals surface area (Å²) >= 11 is 8.50. The van der Waals surface area contributed by atoms with E-state index in [1.807, 2.05) is 31.2 Å². The van der Waals surface area contributed by atoms with Crippen LogP contribution in [0.15, 0.2) is 54.6 Å². The van der Waals surface area contributed by atoms with Gasteiger partial charge in [0.25, 0.3) is 0 Å². The molecule has 146 valence electrons. The van der Waals surface area contributed by atoms with Crippen LogP contribution in [0.1, 0.15) is 22.3 Å². The molecule has 0 saturated heterocycles. The molecule has 0 aliphatic rings. The van der Waals surface area contributed by atoms with Crippen LogP contribution in [-0.4, -0.2) is 7.11 Å². The molecule has 0 aliphatic carbocycles. The number of aryl methyl sites for hydroxylation is 1. The molecule has 0 radical (unpaired) electrons. The quantitative estimate of drug-likeness (QED) is 0.358. The molecule has 0 atom stereocenters. The Morgan fingerprint density at radius 2 is 1.75 bits per heavy atom. The van der Waals surface area contributed by atoms with Gasteiger partial charge in [-0.15, -0.1) is 0 Å². The minimum absolute atomic E-state index is 0.506. The summed E-state index contributed by atoms with van der Waals surface area (Å²) in [6, 6.07) is 18.3. The smallest absolute Gasteiger partial charge is 0.174 e. The van der Waals surface area contributed by atoms with E-state index in [9.17, 15) is 0 Å². The largest absolute Gasteiger partial charge is 0.493 e. The number of benzene rings is 3. The number of hydrogen-bond acceptors (Lipinski definition) is 3. The molecule has 0 saturated carbocycles. The first-order valence-electron chi connectivity index (χ1n) is 9.01. The van der Waals surface area contributed by atoms with Crippen LogP contribution in [0.25, 0.3) is 0 Å². The van der Waals surface area contributed by atoms with E-state index in [1.54, 1.807) is 7.11 Å². The Morgan fingerprint density at radius 3 is 2.46 bits per heavy atom. The first-order chi connectivity index (χ1) is 13.5. The van der Waals surface area contributed by atoms with E-state index < -0.39 is 0 Å². The van der Waals surface area contributed by atoms with Gasteiger partial charge in [-0.25, -0.2) is 0 Å². The summed E-state index contributed by atoms with van der Waals surface area (Å²) in [6.07, 6.45) is 0. The summed E-state index contributed by atoms with van der Waals surface area (Å²) in [5.41, 5.74) is 5.56. The van der Waals surface area contributed by atoms with Gasteiger partial charge in [0.05, 0.1) is 10.7 Å². The maximum absolute atomic E-state index is 6.21. The number of anilines is 1. The van der Waals surface area contributed by atoms with Crippen LogP contribution in [0.4, 0.5) is 5.69 Å². The second kappa shape index (κ2) is 9.52. The molecule has 3 rings (SSSR count). The summed E-state index contributed by atoms with van der Waals surface area (Å²) < 4.78 is 12.7. The van der Waals surface area contributed by atoms with Gasteiger partial charge in [0, 0.05) is 17.3 Å². The van der Waals surface area contributed by atoms with E-state index in [1.165, 1.54) is 5.56 Å². The molecule has 0 bridgehead atoms. The maximum atomic E-state index is 6.21. The monoisotopic (exact) mass is 507 g/mol. The van der Waals surface area contributed by atoms with E-state index in [2.05, 4.69) is 65.2 Å². The van der Waals surface area contributed by atoms with Crippen LogP contribution in [0, 0.1) is 17.4 Å². The third-order valence-electron chi connectivity index (χ3n) is 4.54. The Balaban J connectivity index is 1.73. The van der Waals surface area contributed by atoms with Crippen molar-refractivity contribution >= 4 is 39.9 Å². The van der Waals surface area contributed by atoms with E-state index in [4.69, 9.17) is 21.1 Å². The molecule has 0 heterocycles. The highest BCUT2D eigenvalue weighted by atomic mass is 127. The summed E-state index contributed by atoms with van der Waals surface area (Å²) in [7, 11) is 1.67. The van der Waals surface area contributed by atoms with Gasteiger partial charge in [-0.1, -0.05) is 47.5 Å². The zero-order chi connectivity index (χ0) is 20.1. The highest BCUT2D eigenvalue weighted by Crippen LogP contribution is 2.35. The number of rotatable bonds is 7. The molecule has 3 nitrogen and oxygen atoms in total. The molecule has 0 spiro atoms. The van der Waals surface area contributed by atoms with E-state index >= 15 is 0 Å². The Kier molecular flexibility index (Phi) is 7.08. The Hall–Kier alpha value is -1.92. The number of methoxy groups -OCH3 is 1. The second-order valence-electron chi connectivity index (χ2n) is 6.65. The van der Waals surface area contributed by atoms with Crippen LogP contribution >= 0.6 is 34.2 Å². The van der Waals surface area contributed by atoms with Gasteiger partial charge in [-0.3, -0.25) is 0 Å². The lowest BCUT2D eigenvalue weighted by molar-refractivity contribution is 0.282. The van der Waals surface area contributed by atoms with Gasteiger partial charge < -0.3 is 14.8 Å². The van der Waals surface area contributed by atoms with Crippen molar-refractivity contribution in [2.24, 2.45) is 0 Å². The summed E-state index contributed by atoms with van der Waals surface area (Å²) in [6.45, 7) is 5.27. The topological polar surface area (TPSA) is 30.5 Å². The fourth-order valence-corrected chi connectivity index (χ4v) is 3.85. The van der Waals surface area contributed by atoms with Crippen LogP contribution in [0.2, 0.25) is 5.02 Å². The lowest BCUT2D eigenvalue weighted by Gasteiger charge is -2.16. The predicted molar refractivity (Wildman–Crippen MR) is 125 cm³/mol. The van der Waals surface area contributed by atoms with Crippen molar-refractivity contribution in [1.82, 2.24) is 0 Å². The van der Waals surface area contributed by atoms with Crippen molar-refractivity contribution in [2.45, 2.75) is 27.0 Å². The fraction of sp³-hybridized carbons (Fsp3) is 0.217. The van der Waals surface area contributed by atoms with E-state index in [0.29, 0.717) is 13.2 Å². The molecule has 0 aromatic heterocycles. The zero-order valence-electron chi connectivity index (χ0n) is 16.2. The lowest BCUT2D eigenvalue weighted by atomic mass is 10.1. The minimum atomic E-state index is 0.506. The standard InChI is InChI=1S/C23H23ClINO2/c1-15-7-9-17(10-8-15)14-28-23-20(25)11-18(12-22(23)27-3)13-26-21-6-4-5-19(24)16(21)2/h4-12,26H,13-14H2,1-3H3. The predicted octanol–water partition coefficient (Wildman–Crippen LogP) is 6.76. The van der Waals surface area contributed by atoms with Gasteiger partial charge in [0.15, 0.2) is 11.5 Å². The molecule has 0 amide bonds. The van der Waals surface area contributed by atoms with Crippen molar-refractivity contribution in [1.29, 1.82) is 0 Å². The Bertz CT molecular complexity index is 958. The average Bonchev–Trinajstić information content (AvgIpc) is 2.69. The van der Waals surface area contributed by atoms with Crippen molar-refractivity contribution in [2.75, 3.05) is 12.4 Å². The van der Waals surface area contributed by atoms with Crippen LogP contribution in [0.3, 0.4) is 0 Å². The van der Waals surface area contributed by atoms with Gasteiger partial charge in [0.2, 0.25) is 0 Å². The highest BCUT2D eigenvalue weighted by Gasteiger charge is 2.12. The number of halogens is 2. The van der Waals surface area contributed by atoms with Crippen LogP contribution in [-0.2, 0) is 13.2 Å². The first kappa shape index (κ1) is 20.8. The third kappa shape index (κ3) is 5.11. The summed E-state index contributed by atoms with van der Waals surface area (Å²) in [5.74, 6) is 1.50. The molecule has 28 heavy (non-hydrogen) atoms. The number of nitrogens with one attached hydrogen (secondary N) is 1. The summed E-state index contributed by atoms with van der Waals surface area (Å²) in [4.78, 5) is 0. The van der Waals surface area contributed by atoms with Crippen molar-refractivity contribution in [3.8, 4) is 11.5 Å². The molecule has 3 aromatic carbocycles. The average molecular weight is 508 g/mol. The van der Waals surface area contributed by atoms with Gasteiger partial charge in [-0.2, -0.15) is 0 Å². The Morgan fingerprint density at radius 1 is 1.00 bits per heavy atom. The van der Waals surface area contributed by atoms with Crippen LogP contribution in [0.5, 0.6) is 11.5 Å². The lowest BCUT2D eigenvalue weighted by Crippen LogP contribution is -2.04. The molecule has 0 aliphatic heterocycles. The van der Waals surface area contributed by atoms with Gasteiger partial charge in [0.1, 0.15) is 6.61 Å². The minimum Gasteiger partial charge on any atom is -0.493 e. The summed E-state index contributed by atoms with van der Waals surface area (Å²) in [5, 5.41) is 4.21. The first-order valence-corrected chi connectivity index (χ1v) is 10.5. The van der Waals surface area contributed by atoms with E-state index in [-0.39, 0.29) is 0 Å². The van der Waals surface area contributed by atoms with Crippen molar-refractivity contribution < 1.29 is 9.47 Å². The highest BCUT2D eigenvalue weighted by molar-refractivity contribution is 14.1. The molecule has 1 N–H and O–H groups in total. The molecule has 0 unspecified atom stereocenters. The number of hydrogen-bond donors (Lipinski definition) is 1. The SMILES string of the molecule is COc1cc(CNc2cccc(Cl)c2C)cc(I)c1OCc1ccc(C)cc1. The molecular formula is C23H23ClINO2. The normalized spacial score (nSPS) is 10.6. The van der Waals surface area contributed by atoms with Gasteiger partial charge >= 0.3 is 0 Å². The van der Waals surface area contributed by atoms with Gasteiger partial charge in [-0.05, 0) is 77.4 Å². The fourth-order valence-electron chi connectivity index (χ4n) is 2.85. The molecule has 3 aromatic rings. The molecular weight excluding hydrogens is 485 g/mol. The second-order valence-corrected chi connectivity index (χ2v) is 8.22. The maximum Gasteiger partial charge on any atom is 0.174 e. The van der Waals surface area contributed by atoms with Crippen molar-refractivity contribution in [3.05, 3.63) is 85.4 Å². The van der Waals surface area contributed by atoms with Crippen LogP contribution < -0.4 is 14.8 Å².